The maximum atomic E-state index is 5.86. The third-order valence-corrected chi connectivity index (χ3v) is 2.99. The van der Waals surface area contributed by atoms with E-state index in [2.05, 4.69) is 26.1 Å². The van der Waals surface area contributed by atoms with E-state index in [0.29, 0.717) is 12.0 Å². The summed E-state index contributed by atoms with van der Waals surface area (Å²) in [4.78, 5) is 0. The Morgan fingerprint density at radius 3 is 2.21 bits per heavy atom. The molecule has 0 aromatic rings. The number of nitrogens with one attached hydrogen (secondary N) is 1. The minimum Gasteiger partial charge on any atom is -0.313 e. The van der Waals surface area contributed by atoms with Crippen molar-refractivity contribution in [3.63, 3.8) is 0 Å². The first-order valence-corrected chi connectivity index (χ1v) is 6.55. The van der Waals surface area contributed by atoms with Crippen LogP contribution in [0, 0.1) is 5.92 Å². The van der Waals surface area contributed by atoms with E-state index in [1.165, 1.54) is 32.1 Å². The molecule has 0 fully saturated rings. The van der Waals surface area contributed by atoms with Gasteiger partial charge in [-0.25, -0.2) is 0 Å². The van der Waals surface area contributed by atoms with E-state index in [1.54, 1.807) is 0 Å². The van der Waals surface area contributed by atoms with Gasteiger partial charge in [-0.1, -0.05) is 46.5 Å². The molecule has 0 heterocycles. The van der Waals surface area contributed by atoms with Gasteiger partial charge in [0.1, 0.15) is 0 Å². The van der Waals surface area contributed by atoms with Crippen molar-refractivity contribution < 1.29 is 0 Å². The standard InChI is InChI=1S/C12H26ClN/c1-4-5-6-7-8-9-14-12(10-13)11(2)3/h11-12,14H,4-10H2,1-3H3. The Morgan fingerprint density at radius 1 is 1.07 bits per heavy atom. The highest BCUT2D eigenvalue weighted by molar-refractivity contribution is 6.18. The van der Waals surface area contributed by atoms with Crippen LogP contribution in [0.5, 0.6) is 0 Å². The summed E-state index contributed by atoms with van der Waals surface area (Å²) >= 11 is 5.86. The predicted octanol–water partition coefficient (Wildman–Crippen LogP) is 3.81. The van der Waals surface area contributed by atoms with Gasteiger partial charge in [-0.3, -0.25) is 0 Å². The van der Waals surface area contributed by atoms with Gasteiger partial charge in [0.25, 0.3) is 0 Å². The van der Waals surface area contributed by atoms with Gasteiger partial charge in [-0.2, -0.15) is 0 Å². The molecule has 0 bridgehead atoms. The zero-order valence-corrected chi connectivity index (χ0v) is 10.7. The monoisotopic (exact) mass is 219 g/mol. The molecule has 0 amide bonds. The quantitative estimate of drug-likeness (QED) is 0.460. The van der Waals surface area contributed by atoms with Crippen LogP contribution in [0.25, 0.3) is 0 Å². The van der Waals surface area contributed by atoms with Gasteiger partial charge in [0.15, 0.2) is 0 Å². The number of hydrogen-bond acceptors (Lipinski definition) is 1. The van der Waals surface area contributed by atoms with Crippen LogP contribution in [0.3, 0.4) is 0 Å². The van der Waals surface area contributed by atoms with E-state index in [4.69, 9.17) is 11.6 Å². The van der Waals surface area contributed by atoms with Crippen molar-refractivity contribution in [2.75, 3.05) is 12.4 Å². The molecule has 1 unspecified atom stereocenters. The molecule has 0 rings (SSSR count). The number of unbranched alkanes of at least 4 members (excludes halogenated alkanes) is 4. The van der Waals surface area contributed by atoms with Crippen molar-refractivity contribution in [2.24, 2.45) is 5.92 Å². The van der Waals surface area contributed by atoms with Gasteiger partial charge in [-0.15, -0.1) is 11.6 Å². The third kappa shape index (κ3) is 7.64. The van der Waals surface area contributed by atoms with Crippen LogP contribution in [0.15, 0.2) is 0 Å². The van der Waals surface area contributed by atoms with E-state index >= 15 is 0 Å². The lowest BCUT2D eigenvalue weighted by molar-refractivity contribution is 0.423. The Labute approximate surface area is 94.6 Å². The molecule has 1 atom stereocenters. The molecule has 0 aromatic carbocycles. The summed E-state index contributed by atoms with van der Waals surface area (Å²) in [5, 5.41) is 3.51. The number of rotatable bonds is 9. The smallest absolute Gasteiger partial charge is 0.0379 e. The average molecular weight is 220 g/mol. The Bertz CT molecular complexity index is 115. The number of hydrogen-bond donors (Lipinski definition) is 1. The SMILES string of the molecule is CCCCCCCNC(CCl)C(C)C. The van der Waals surface area contributed by atoms with E-state index in [1.807, 2.05) is 0 Å². The Hall–Kier alpha value is 0.250. The van der Waals surface area contributed by atoms with E-state index in [0.717, 1.165) is 12.4 Å². The van der Waals surface area contributed by atoms with Crippen molar-refractivity contribution in [3.8, 4) is 0 Å². The lowest BCUT2D eigenvalue weighted by atomic mass is 10.1. The highest BCUT2D eigenvalue weighted by atomic mass is 35.5. The first-order valence-electron chi connectivity index (χ1n) is 6.01. The van der Waals surface area contributed by atoms with Gasteiger partial charge in [-0.05, 0) is 18.9 Å². The third-order valence-electron chi connectivity index (χ3n) is 2.66. The lowest BCUT2D eigenvalue weighted by Gasteiger charge is -2.19. The first kappa shape index (κ1) is 14.2. The predicted molar refractivity (Wildman–Crippen MR) is 66.1 cm³/mol. The molecule has 0 radical (unpaired) electrons. The minimum absolute atomic E-state index is 0.489. The second kappa shape index (κ2) is 9.79. The van der Waals surface area contributed by atoms with E-state index < -0.39 is 0 Å². The fourth-order valence-corrected chi connectivity index (χ4v) is 1.95. The summed E-state index contributed by atoms with van der Waals surface area (Å²) in [6.45, 7) is 7.81. The van der Waals surface area contributed by atoms with Crippen LogP contribution < -0.4 is 5.32 Å². The fraction of sp³-hybridized carbons (Fsp3) is 1.00. The van der Waals surface area contributed by atoms with Crippen LogP contribution in [0.2, 0.25) is 0 Å². The highest BCUT2D eigenvalue weighted by Crippen LogP contribution is 2.05. The van der Waals surface area contributed by atoms with Gasteiger partial charge in [0, 0.05) is 11.9 Å². The van der Waals surface area contributed by atoms with Crippen molar-refractivity contribution in [2.45, 2.75) is 58.9 Å². The molecule has 0 saturated heterocycles. The molecule has 0 aliphatic rings. The van der Waals surface area contributed by atoms with Gasteiger partial charge < -0.3 is 5.32 Å². The molecule has 86 valence electrons. The second-order valence-corrected chi connectivity index (χ2v) is 4.68. The molecule has 2 heteroatoms. The van der Waals surface area contributed by atoms with Crippen LogP contribution >= 0.6 is 11.6 Å². The number of halogens is 1. The van der Waals surface area contributed by atoms with Crippen molar-refractivity contribution in [3.05, 3.63) is 0 Å². The normalized spacial score (nSPS) is 13.5. The largest absolute Gasteiger partial charge is 0.313 e. The molecule has 0 aliphatic heterocycles. The molecule has 0 saturated carbocycles. The van der Waals surface area contributed by atoms with E-state index in [9.17, 15) is 0 Å². The van der Waals surface area contributed by atoms with Crippen molar-refractivity contribution in [1.82, 2.24) is 5.32 Å². The highest BCUT2D eigenvalue weighted by Gasteiger charge is 2.09. The summed E-state index contributed by atoms with van der Waals surface area (Å²) < 4.78 is 0. The summed E-state index contributed by atoms with van der Waals surface area (Å²) in [7, 11) is 0. The van der Waals surface area contributed by atoms with Crippen LogP contribution in [-0.2, 0) is 0 Å². The Kier molecular flexibility index (Phi) is 9.97. The molecular formula is C12H26ClN. The topological polar surface area (TPSA) is 12.0 Å². The minimum atomic E-state index is 0.489. The first-order chi connectivity index (χ1) is 6.72. The Balaban J connectivity index is 3.25. The molecule has 1 N–H and O–H groups in total. The maximum Gasteiger partial charge on any atom is 0.0379 e. The zero-order valence-electron chi connectivity index (χ0n) is 9.98. The summed E-state index contributed by atoms with van der Waals surface area (Å²) in [6.07, 6.45) is 6.73. The average Bonchev–Trinajstić information content (AvgIpc) is 2.16. The fourth-order valence-electron chi connectivity index (χ4n) is 1.48. The molecular weight excluding hydrogens is 194 g/mol. The second-order valence-electron chi connectivity index (χ2n) is 4.37. The Morgan fingerprint density at radius 2 is 1.71 bits per heavy atom. The van der Waals surface area contributed by atoms with Gasteiger partial charge in [0.05, 0.1) is 0 Å². The maximum absolute atomic E-state index is 5.86. The van der Waals surface area contributed by atoms with Crippen LogP contribution in [0.4, 0.5) is 0 Å². The van der Waals surface area contributed by atoms with Crippen LogP contribution in [-0.4, -0.2) is 18.5 Å². The van der Waals surface area contributed by atoms with Gasteiger partial charge >= 0.3 is 0 Å². The lowest BCUT2D eigenvalue weighted by Crippen LogP contribution is -2.36. The van der Waals surface area contributed by atoms with E-state index in [-0.39, 0.29) is 0 Å². The number of alkyl halides is 1. The summed E-state index contributed by atoms with van der Waals surface area (Å²) in [5.74, 6) is 1.37. The van der Waals surface area contributed by atoms with Crippen molar-refractivity contribution in [1.29, 1.82) is 0 Å². The molecule has 0 aliphatic carbocycles. The summed E-state index contributed by atoms with van der Waals surface area (Å²) in [5.41, 5.74) is 0. The molecule has 0 spiro atoms. The van der Waals surface area contributed by atoms with Crippen molar-refractivity contribution >= 4 is 11.6 Å². The zero-order chi connectivity index (χ0) is 10.8. The van der Waals surface area contributed by atoms with Gasteiger partial charge in [0.2, 0.25) is 0 Å². The summed E-state index contributed by atoms with van der Waals surface area (Å²) in [6, 6.07) is 0.489. The molecule has 1 nitrogen and oxygen atoms in total. The molecule has 14 heavy (non-hydrogen) atoms. The molecule has 0 aromatic heterocycles. The van der Waals surface area contributed by atoms with Crippen LogP contribution in [0.1, 0.15) is 52.9 Å².